The molecule has 3 aliphatic heterocycles. The van der Waals surface area contributed by atoms with Crippen LogP contribution in [0.25, 0.3) is 0 Å². The highest BCUT2D eigenvalue weighted by molar-refractivity contribution is 5.85. The summed E-state index contributed by atoms with van der Waals surface area (Å²) >= 11 is 0. The summed E-state index contributed by atoms with van der Waals surface area (Å²) in [6.45, 7) is 6.58. The Labute approximate surface area is 147 Å². The lowest BCUT2D eigenvalue weighted by Gasteiger charge is -2.41. The van der Waals surface area contributed by atoms with Gasteiger partial charge in [0, 0.05) is 25.0 Å². The zero-order valence-electron chi connectivity index (χ0n) is 13.5. The summed E-state index contributed by atoms with van der Waals surface area (Å²) in [5, 5.41) is 3.35. The van der Waals surface area contributed by atoms with Gasteiger partial charge in [-0.1, -0.05) is 6.42 Å². The maximum Gasteiger partial charge on any atom is 0.225 e. The van der Waals surface area contributed by atoms with Crippen molar-refractivity contribution < 1.29 is 4.79 Å². The van der Waals surface area contributed by atoms with E-state index in [0.717, 1.165) is 45.1 Å². The van der Waals surface area contributed by atoms with Crippen molar-refractivity contribution in [2.75, 3.05) is 39.3 Å². The summed E-state index contributed by atoms with van der Waals surface area (Å²) in [5.41, 5.74) is 0. The standard InChI is InChI=1S/C16H29N3O.2ClH/c20-16(14-4-8-17-9-5-14)19-12-6-15(7-13-19)18-10-2-1-3-11-18;;/h14-15,17H,1-13H2;2*1H. The number of carbonyl (C=O) groups is 1. The zero-order chi connectivity index (χ0) is 13.8. The lowest BCUT2D eigenvalue weighted by Crippen LogP contribution is -2.50. The second-order valence-corrected chi connectivity index (χ2v) is 6.68. The fraction of sp³-hybridized carbons (Fsp3) is 0.938. The second kappa shape index (κ2) is 9.96. The van der Waals surface area contributed by atoms with E-state index in [-0.39, 0.29) is 24.8 Å². The number of nitrogens with one attached hydrogen (secondary N) is 1. The van der Waals surface area contributed by atoms with E-state index >= 15 is 0 Å². The minimum atomic E-state index is 0. The van der Waals surface area contributed by atoms with Crippen LogP contribution in [0.4, 0.5) is 0 Å². The molecular weight excluding hydrogens is 321 g/mol. The number of rotatable bonds is 2. The van der Waals surface area contributed by atoms with Crippen LogP contribution in [0.3, 0.4) is 0 Å². The normalized spacial score (nSPS) is 25.2. The molecule has 3 heterocycles. The number of amides is 1. The minimum absolute atomic E-state index is 0. The quantitative estimate of drug-likeness (QED) is 0.828. The molecule has 4 nitrogen and oxygen atoms in total. The Hall–Kier alpha value is -0.0300. The van der Waals surface area contributed by atoms with Crippen molar-refractivity contribution in [1.29, 1.82) is 0 Å². The topological polar surface area (TPSA) is 35.6 Å². The summed E-state index contributed by atoms with van der Waals surface area (Å²) < 4.78 is 0. The van der Waals surface area contributed by atoms with Gasteiger partial charge < -0.3 is 15.1 Å². The van der Waals surface area contributed by atoms with Gasteiger partial charge in [-0.15, -0.1) is 24.8 Å². The zero-order valence-corrected chi connectivity index (χ0v) is 15.1. The van der Waals surface area contributed by atoms with E-state index in [1.54, 1.807) is 0 Å². The van der Waals surface area contributed by atoms with Crippen molar-refractivity contribution in [2.24, 2.45) is 5.92 Å². The second-order valence-electron chi connectivity index (χ2n) is 6.68. The van der Waals surface area contributed by atoms with Gasteiger partial charge in [-0.3, -0.25) is 4.79 Å². The number of piperidine rings is 3. The number of hydrogen-bond donors (Lipinski definition) is 1. The van der Waals surface area contributed by atoms with Crippen LogP contribution in [-0.4, -0.2) is 61.0 Å². The molecule has 3 saturated heterocycles. The van der Waals surface area contributed by atoms with Gasteiger partial charge in [0.1, 0.15) is 0 Å². The molecule has 0 aromatic heterocycles. The molecule has 0 saturated carbocycles. The molecule has 3 rings (SSSR count). The van der Waals surface area contributed by atoms with Crippen LogP contribution < -0.4 is 5.32 Å². The molecule has 6 heteroatoms. The Morgan fingerprint density at radius 2 is 1.41 bits per heavy atom. The number of carbonyl (C=O) groups excluding carboxylic acids is 1. The Bertz CT molecular complexity index is 323. The highest BCUT2D eigenvalue weighted by Gasteiger charge is 2.31. The minimum Gasteiger partial charge on any atom is -0.342 e. The molecule has 0 spiro atoms. The van der Waals surface area contributed by atoms with Gasteiger partial charge in [0.25, 0.3) is 0 Å². The molecule has 22 heavy (non-hydrogen) atoms. The Morgan fingerprint density at radius 1 is 0.818 bits per heavy atom. The van der Waals surface area contributed by atoms with Crippen molar-refractivity contribution in [3.8, 4) is 0 Å². The van der Waals surface area contributed by atoms with E-state index in [1.807, 2.05) is 0 Å². The first-order valence-corrected chi connectivity index (χ1v) is 8.58. The molecule has 130 valence electrons. The number of halogens is 2. The third kappa shape index (κ3) is 4.98. The third-order valence-corrected chi connectivity index (χ3v) is 5.37. The molecule has 0 unspecified atom stereocenters. The molecule has 3 fully saturated rings. The Morgan fingerprint density at radius 3 is 2.00 bits per heavy atom. The Kier molecular flexibility index (Phi) is 9.07. The van der Waals surface area contributed by atoms with Crippen LogP contribution >= 0.6 is 24.8 Å². The lowest BCUT2D eigenvalue weighted by molar-refractivity contribution is -0.138. The van der Waals surface area contributed by atoms with E-state index in [0.29, 0.717) is 11.8 Å². The van der Waals surface area contributed by atoms with Gasteiger partial charge in [0.05, 0.1) is 0 Å². The summed E-state index contributed by atoms with van der Waals surface area (Å²) in [6, 6.07) is 0.743. The predicted octanol–water partition coefficient (Wildman–Crippen LogP) is 2.31. The highest BCUT2D eigenvalue weighted by Crippen LogP contribution is 2.23. The van der Waals surface area contributed by atoms with Gasteiger partial charge in [-0.05, 0) is 64.7 Å². The van der Waals surface area contributed by atoms with E-state index < -0.39 is 0 Å². The van der Waals surface area contributed by atoms with E-state index in [1.165, 1.54) is 45.2 Å². The molecule has 3 aliphatic rings. The molecule has 0 atom stereocenters. The number of hydrogen-bond acceptors (Lipinski definition) is 3. The van der Waals surface area contributed by atoms with E-state index in [9.17, 15) is 4.79 Å². The average Bonchev–Trinajstić information content (AvgIpc) is 2.56. The summed E-state index contributed by atoms with van der Waals surface area (Å²) in [6.07, 6.45) is 8.59. The van der Waals surface area contributed by atoms with Crippen molar-refractivity contribution in [2.45, 2.75) is 51.0 Å². The first-order chi connectivity index (χ1) is 9.84. The third-order valence-electron chi connectivity index (χ3n) is 5.37. The molecule has 1 N–H and O–H groups in total. The van der Waals surface area contributed by atoms with Crippen LogP contribution in [0.15, 0.2) is 0 Å². The van der Waals surface area contributed by atoms with Crippen LogP contribution in [0.1, 0.15) is 44.9 Å². The molecule has 0 aliphatic carbocycles. The van der Waals surface area contributed by atoms with Crippen molar-refractivity contribution in [1.82, 2.24) is 15.1 Å². The van der Waals surface area contributed by atoms with Gasteiger partial charge in [0.15, 0.2) is 0 Å². The average molecular weight is 352 g/mol. The van der Waals surface area contributed by atoms with Crippen LogP contribution in [0.2, 0.25) is 0 Å². The smallest absolute Gasteiger partial charge is 0.225 e. The number of nitrogens with zero attached hydrogens (tertiary/aromatic N) is 2. The molecule has 0 aromatic rings. The predicted molar refractivity (Wildman–Crippen MR) is 95.1 cm³/mol. The summed E-state index contributed by atoms with van der Waals surface area (Å²) in [5.74, 6) is 0.728. The monoisotopic (exact) mass is 351 g/mol. The maximum absolute atomic E-state index is 12.5. The lowest BCUT2D eigenvalue weighted by atomic mass is 9.94. The van der Waals surface area contributed by atoms with Crippen LogP contribution in [0.5, 0.6) is 0 Å². The first-order valence-electron chi connectivity index (χ1n) is 8.58. The van der Waals surface area contributed by atoms with E-state index in [4.69, 9.17) is 0 Å². The summed E-state index contributed by atoms with van der Waals surface area (Å²) in [4.78, 5) is 17.3. The summed E-state index contributed by atoms with van der Waals surface area (Å²) in [7, 11) is 0. The molecule has 0 aromatic carbocycles. The highest BCUT2D eigenvalue weighted by atomic mass is 35.5. The van der Waals surface area contributed by atoms with Gasteiger partial charge in [0.2, 0.25) is 5.91 Å². The van der Waals surface area contributed by atoms with Gasteiger partial charge in [-0.25, -0.2) is 0 Å². The largest absolute Gasteiger partial charge is 0.342 e. The fourth-order valence-electron chi connectivity index (χ4n) is 4.06. The van der Waals surface area contributed by atoms with Crippen LogP contribution in [0, 0.1) is 5.92 Å². The Balaban J connectivity index is 0.00000121. The van der Waals surface area contributed by atoms with Crippen molar-refractivity contribution in [3.05, 3.63) is 0 Å². The molecule has 0 bridgehead atoms. The van der Waals surface area contributed by atoms with E-state index in [2.05, 4.69) is 15.1 Å². The fourth-order valence-corrected chi connectivity index (χ4v) is 4.06. The van der Waals surface area contributed by atoms with Crippen molar-refractivity contribution >= 4 is 30.7 Å². The molecule has 1 amide bonds. The molecular formula is C16H31Cl2N3O. The van der Waals surface area contributed by atoms with Gasteiger partial charge in [-0.2, -0.15) is 0 Å². The van der Waals surface area contributed by atoms with Crippen molar-refractivity contribution in [3.63, 3.8) is 0 Å². The maximum atomic E-state index is 12.5. The SMILES string of the molecule is Cl.Cl.O=C(C1CCNCC1)N1CCC(N2CCCCC2)CC1. The number of likely N-dealkylation sites (tertiary alicyclic amines) is 2. The van der Waals surface area contributed by atoms with Gasteiger partial charge >= 0.3 is 0 Å². The van der Waals surface area contributed by atoms with Crippen LogP contribution in [-0.2, 0) is 4.79 Å². The first kappa shape index (κ1) is 20.0. The molecule has 0 radical (unpaired) electrons.